The number of benzene rings is 4. The second-order valence-electron chi connectivity index (χ2n) is 8.80. The fourth-order valence-corrected chi connectivity index (χ4v) is 6.34. The highest BCUT2D eigenvalue weighted by Gasteiger charge is 2.20. The minimum atomic E-state index is 0.884. The fourth-order valence-electron chi connectivity index (χ4n) is 5.33. The first-order valence-corrected chi connectivity index (χ1v) is 12.6. The lowest BCUT2D eigenvalue weighted by Crippen LogP contribution is -1.98. The fraction of sp³-hybridized carbons (Fsp3) is 0.0645. The summed E-state index contributed by atoms with van der Waals surface area (Å²) in [4.78, 5) is 14.6. The van der Waals surface area contributed by atoms with Gasteiger partial charge in [-0.05, 0) is 74.2 Å². The average molecular weight is 468 g/mol. The second-order valence-corrected chi connectivity index (χ2v) is 9.83. The Balaban J connectivity index is 1.61. The normalized spacial score (nSPS) is 12.9. The van der Waals surface area contributed by atoms with Crippen LogP contribution in [-0.4, -0.2) is 15.0 Å². The third-order valence-electron chi connectivity index (χ3n) is 6.83. The van der Waals surface area contributed by atoms with Crippen LogP contribution in [0.1, 0.15) is 17.5 Å². The molecular formula is C31H21N3S. The summed E-state index contributed by atoms with van der Waals surface area (Å²) in [6, 6.07) is 22.1. The van der Waals surface area contributed by atoms with Crippen LogP contribution in [0.2, 0.25) is 0 Å². The van der Waals surface area contributed by atoms with Crippen molar-refractivity contribution in [2.24, 2.45) is 0 Å². The zero-order chi connectivity index (χ0) is 23.2. The van der Waals surface area contributed by atoms with Crippen molar-refractivity contribution in [2.75, 3.05) is 0 Å². The number of nitrogens with zero attached hydrogens (tertiary/aromatic N) is 3. The summed E-state index contributed by atoms with van der Waals surface area (Å²) in [5, 5.41) is 8.28. The maximum absolute atomic E-state index is 4.57. The van der Waals surface area contributed by atoms with E-state index in [-0.39, 0.29) is 0 Å². The van der Waals surface area contributed by atoms with Crippen LogP contribution in [0.15, 0.2) is 108 Å². The summed E-state index contributed by atoms with van der Waals surface area (Å²) in [6.07, 6.45) is 15.9. The van der Waals surface area contributed by atoms with Gasteiger partial charge in [-0.15, -0.1) is 0 Å². The van der Waals surface area contributed by atoms with E-state index in [1.165, 1.54) is 54.1 Å². The Bertz CT molecular complexity index is 1720. The summed E-state index contributed by atoms with van der Waals surface area (Å²) in [5.74, 6) is 0. The lowest BCUT2D eigenvalue weighted by Gasteiger charge is -2.21. The smallest absolute Gasteiger partial charge is 0.119 e. The van der Waals surface area contributed by atoms with Crippen LogP contribution in [0, 0.1) is 0 Å². The Hall–Kier alpha value is -4.02. The first kappa shape index (κ1) is 20.4. The molecule has 4 heteroatoms. The number of hydrogen-bond donors (Lipinski definition) is 0. The van der Waals surface area contributed by atoms with E-state index >= 15 is 0 Å². The van der Waals surface area contributed by atoms with Gasteiger partial charge in [-0.25, -0.2) is 4.98 Å². The molecule has 0 aliphatic heterocycles. The molecule has 35 heavy (non-hydrogen) atoms. The van der Waals surface area contributed by atoms with Gasteiger partial charge in [0.2, 0.25) is 0 Å². The van der Waals surface area contributed by atoms with Gasteiger partial charge in [-0.1, -0.05) is 72.4 Å². The highest BCUT2D eigenvalue weighted by Crippen LogP contribution is 2.47. The van der Waals surface area contributed by atoms with E-state index < -0.39 is 0 Å². The highest BCUT2D eigenvalue weighted by atomic mass is 32.2. The van der Waals surface area contributed by atoms with Crippen LogP contribution in [0.3, 0.4) is 0 Å². The molecule has 166 valence electrons. The molecule has 1 aliphatic carbocycles. The maximum Gasteiger partial charge on any atom is 0.119 e. The summed E-state index contributed by atoms with van der Waals surface area (Å²) in [7, 11) is 0. The van der Waals surface area contributed by atoms with Crippen molar-refractivity contribution in [1.29, 1.82) is 0 Å². The summed E-state index contributed by atoms with van der Waals surface area (Å²) >= 11 is 1.67. The molecule has 0 atom stereocenters. The van der Waals surface area contributed by atoms with Crippen LogP contribution < -0.4 is 0 Å². The van der Waals surface area contributed by atoms with Crippen LogP contribution in [0.25, 0.3) is 49.5 Å². The molecule has 0 spiro atoms. The van der Waals surface area contributed by atoms with Crippen LogP contribution >= 0.6 is 11.8 Å². The van der Waals surface area contributed by atoms with Crippen molar-refractivity contribution >= 4 is 50.2 Å². The number of rotatable bonds is 3. The first-order chi connectivity index (χ1) is 17.4. The van der Waals surface area contributed by atoms with Crippen LogP contribution in [-0.2, 0) is 6.42 Å². The summed E-state index contributed by atoms with van der Waals surface area (Å²) in [5.41, 5.74) is 5.30. The van der Waals surface area contributed by atoms with Gasteiger partial charge in [0.05, 0.1) is 6.20 Å². The van der Waals surface area contributed by atoms with E-state index in [1.807, 2.05) is 18.6 Å². The molecule has 0 saturated heterocycles. The lowest BCUT2D eigenvalue weighted by atomic mass is 9.84. The molecule has 0 saturated carbocycles. The Kier molecular flexibility index (Phi) is 4.85. The summed E-state index contributed by atoms with van der Waals surface area (Å²) in [6.45, 7) is 0. The van der Waals surface area contributed by atoms with E-state index in [2.05, 4.69) is 87.8 Å². The van der Waals surface area contributed by atoms with E-state index in [1.54, 1.807) is 24.2 Å². The maximum atomic E-state index is 4.57. The van der Waals surface area contributed by atoms with Crippen LogP contribution in [0.5, 0.6) is 0 Å². The number of aromatic nitrogens is 3. The Morgan fingerprint density at radius 2 is 1.46 bits per heavy atom. The quantitative estimate of drug-likeness (QED) is 0.246. The monoisotopic (exact) mass is 467 g/mol. The molecule has 0 N–H and O–H groups in total. The molecule has 0 amide bonds. The molecule has 6 aromatic rings. The molecule has 0 fully saturated rings. The zero-order valence-corrected chi connectivity index (χ0v) is 19.8. The van der Waals surface area contributed by atoms with Crippen molar-refractivity contribution in [1.82, 2.24) is 15.0 Å². The van der Waals surface area contributed by atoms with E-state index in [0.29, 0.717) is 0 Å². The number of fused-ring (bicyclic) bond motifs is 5. The number of hydrogen-bond acceptors (Lipinski definition) is 4. The standard InChI is InChI=1S/C31H21N3S/c1-2-8-21-20(7-1)17-27(23-10-4-3-9-22(21)23)30-24-11-5-6-12-25(24)31(26-13-14-32-18-28(26)30)35-29-19-33-15-16-34-29/h2-6,8-19H,1,7H2. The molecule has 3 nitrogen and oxygen atoms in total. The van der Waals surface area contributed by atoms with Gasteiger partial charge in [-0.3, -0.25) is 9.97 Å². The third kappa shape index (κ3) is 3.33. The van der Waals surface area contributed by atoms with Gasteiger partial charge in [-0.2, -0.15) is 0 Å². The summed E-state index contributed by atoms with van der Waals surface area (Å²) < 4.78 is 0. The molecule has 0 radical (unpaired) electrons. The number of allylic oxidation sites excluding steroid dienone is 1. The van der Waals surface area contributed by atoms with E-state index in [9.17, 15) is 0 Å². The SMILES string of the molecule is C1=Cc2c(cc(-c3c4ccccc4c(Sc4cnccn4)c4ccncc34)c3ccccc23)CC1. The van der Waals surface area contributed by atoms with Crippen molar-refractivity contribution in [3.63, 3.8) is 0 Å². The molecule has 0 unspecified atom stereocenters. The minimum absolute atomic E-state index is 0.884. The topological polar surface area (TPSA) is 38.7 Å². The first-order valence-electron chi connectivity index (χ1n) is 11.8. The average Bonchev–Trinajstić information content (AvgIpc) is 2.93. The van der Waals surface area contributed by atoms with Crippen molar-refractivity contribution in [3.05, 3.63) is 109 Å². The van der Waals surface area contributed by atoms with Gasteiger partial charge in [0.1, 0.15) is 5.03 Å². The minimum Gasteiger partial charge on any atom is -0.264 e. The van der Waals surface area contributed by atoms with Gasteiger partial charge < -0.3 is 0 Å². The Morgan fingerprint density at radius 1 is 0.686 bits per heavy atom. The van der Waals surface area contributed by atoms with E-state index in [4.69, 9.17) is 0 Å². The zero-order valence-electron chi connectivity index (χ0n) is 19.0. The second kappa shape index (κ2) is 8.33. The van der Waals surface area contributed by atoms with Gasteiger partial charge in [0, 0.05) is 35.1 Å². The Labute approximate surface area is 207 Å². The molecule has 0 bridgehead atoms. The number of aryl methyl sites for hydroxylation is 1. The van der Waals surface area contributed by atoms with Crippen LogP contribution in [0.4, 0.5) is 0 Å². The number of pyridine rings is 1. The van der Waals surface area contributed by atoms with Crippen molar-refractivity contribution < 1.29 is 0 Å². The predicted octanol–water partition coefficient (Wildman–Crippen LogP) is 8.11. The molecule has 2 aromatic heterocycles. The highest BCUT2D eigenvalue weighted by molar-refractivity contribution is 7.99. The molecule has 7 rings (SSSR count). The largest absolute Gasteiger partial charge is 0.264 e. The Morgan fingerprint density at radius 3 is 2.31 bits per heavy atom. The van der Waals surface area contributed by atoms with Crippen molar-refractivity contribution in [2.45, 2.75) is 22.8 Å². The molecular weight excluding hydrogens is 446 g/mol. The van der Waals surface area contributed by atoms with Gasteiger partial charge in [0.25, 0.3) is 0 Å². The lowest BCUT2D eigenvalue weighted by molar-refractivity contribution is 0.990. The molecule has 2 heterocycles. The van der Waals surface area contributed by atoms with Gasteiger partial charge >= 0.3 is 0 Å². The molecule has 1 aliphatic rings. The molecule has 4 aromatic carbocycles. The van der Waals surface area contributed by atoms with Crippen molar-refractivity contribution in [3.8, 4) is 11.1 Å². The predicted molar refractivity (Wildman–Crippen MR) is 146 cm³/mol. The van der Waals surface area contributed by atoms with E-state index in [0.717, 1.165) is 23.3 Å². The van der Waals surface area contributed by atoms with Gasteiger partial charge in [0.15, 0.2) is 0 Å². The third-order valence-corrected chi connectivity index (χ3v) is 7.89.